The van der Waals surface area contributed by atoms with Gasteiger partial charge < -0.3 is 11.1 Å². The van der Waals surface area contributed by atoms with E-state index < -0.39 is 0 Å². The fraction of sp³-hybridized carbons (Fsp3) is 0. The Morgan fingerprint density at radius 3 is 2.28 bits per heavy atom. The summed E-state index contributed by atoms with van der Waals surface area (Å²) in [4.78, 5) is 0. The molecule has 0 saturated heterocycles. The SMILES string of the molecule is Nc1cc(Cl)c(Cl)cc1Nc1ccc(Br)c(Cl)c1. The van der Waals surface area contributed by atoms with Crippen molar-refractivity contribution >= 4 is 67.8 Å². The quantitative estimate of drug-likeness (QED) is 0.666. The zero-order chi connectivity index (χ0) is 13.3. The Morgan fingerprint density at radius 2 is 1.61 bits per heavy atom. The molecule has 0 amide bonds. The molecule has 0 fully saturated rings. The molecule has 0 aliphatic rings. The maximum atomic E-state index is 6.01. The van der Waals surface area contributed by atoms with Crippen molar-refractivity contribution in [2.24, 2.45) is 0 Å². The first-order valence-electron chi connectivity index (χ1n) is 4.94. The molecule has 2 nitrogen and oxygen atoms in total. The van der Waals surface area contributed by atoms with Gasteiger partial charge in [0.15, 0.2) is 0 Å². The largest absolute Gasteiger partial charge is 0.397 e. The second-order valence-corrected chi connectivity index (χ2v) is 5.68. The van der Waals surface area contributed by atoms with Crippen LogP contribution >= 0.6 is 50.7 Å². The van der Waals surface area contributed by atoms with Crippen LogP contribution in [0.25, 0.3) is 0 Å². The average Bonchev–Trinajstić information content (AvgIpc) is 2.31. The molecule has 0 aromatic heterocycles. The van der Waals surface area contributed by atoms with Gasteiger partial charge in [0, 0.05) is 10.2 Å². The molecule has 2 aromatic carbocycles. The van der Waals surface area contributed by atoms with E-state index in [-0.39, 0.29) is 0 Å². The van der Waals surface area contributed by atoms with Crippen LogP contribution in [0.15, 0.2) is 34.8 Å². The van der Waals surface area contributed by atoms with E-state index >= 15 is 0 Å². The number of nitrogens with two attached hydrogens (primary N) is 1. The van der Waals surface area contributed by atoms with Gasteiger partial charge in [-0.2, -0.15) is 0 Å². The van der Waals surface area contributed by atoms with Crippen molar-refractivity contribution in [1.82, 2.24) is 0 Å². The number of anilines is 3. The van der Waals surface area contributed by atoms with Crippen LogP contribution in [0.4, 0.5) is 17.1 Å². The molecule has 0 aliphatic heterocycles. The molecule has 0 saturated carbocycles. The van der Waals surface area contributed by atoms with E-state index in [4.69, 9.17) is 40.5 Å². The smallest absolute Gasteiger partial charge is 0.0633 e. The van der Waals surface area contributed by atoms with Crippen molar-refractivity contribution in [1.29, 1.82) is 0 Å². The highest BCUT2D eigenvalue weighted by molar-refractivity contribution is 9.10. The maximum absolute atomic E-state index is 6.01. The molecule has 94 valence electrons. The summed E-state index contributed by atoms with van der Waals surface area (Å²) in [6.45, 7) is 0. The summed E-state index contributed by atoms with van der Waals surface area (Å²) < 4.78 is 0.830. The minimum atomic E-state index is 0.425. The molecule has 0 atom stereocenters. The lowest BCUT2D eigenvalue weighted by Crippen LogP contribution is -1.96. The van der Waals surface area contributed by atoms with E-state index in [0.29, 0.717) is 26.4 Å². The zero-order valence-corrected chi connectivity index (χ0v) is 12.8. The average molecular weight is 366 g/mol. The highest BCUT2D eigenvalue weighted by atomic mass is 79.9. The summed E-state index contributed by atoms with van der Waals surface area (Å²) in [7, 11) is 0. The topological polar surface area (TPSA) is 38.0 Å². The van der Waals surface area contributed by atoms with E-state index in [1.807, 2.05) is 12.1 Å². The minimum absolute atomic E-state index is 0.425. The van der Waals surface area contributed by atoms with Crippen molar-refractivity contribution in [3.8, 4) is 0 Å². The standard InChI is InChI=1S/C12H8BrCl3N2/c13-7-2-1-6(3-8(7)14)18-12-5-10(16)9(15)4-11(12)17/h1-5,18H,17H2. The van der Waals surface area contributed by atoms with Gasteiger partial charge in [-0.1, -0.05) is 34.8 Å². The van der Waals surface area contributed by atoms with Crippen LogP contribution in [0.5, 0.6) is 0 Å². The first-order valence-corrected chi connectivity index (χ1v) is 6.86. The lowest BCUT2D eigenvalue weighted by Gasteiger charge is -2.11. The molecule has 0 unspecified atom stereocenters. The van der Waals surface area contributed by atoms with Crippen LogP contribution in [-0.2, 0) is 0 Å². The number of rotatable bonds is 2. The fourth-order valence-corrected chi connectivity index (χ4v) is 2.16. The van der Waals surface area contributed by atoms with Crippen molar-refractivity contribution in [2.45, 2.75) is 0 Å². The van der Waals surface area contributed by atoms with E-state index in [9.17, 15) is 0 Å². The molecule has 0 radical (unpaired) electrons. The van der Waals surface area contributed by atoms with Crippen LogP contribution in [0.1, 0.15) is 0 Å². The number of hydrogen-bond donors (Lipinski definition) is 2. The highest BCUT2D eigenvalue weighted by Crippen LogP contribution is 2.33. The molecule has 2 rings (SSSR count). The summed E-state index contributed by atoms with van der Waals surface area (Å²) in [5, 5.41) is 4.61. The zero-order valence-electron chi connectivity index (χ0n) is 8.98. The predicted molar refractivity (Wildman–Crippen MR) is 83.3 cm³/mol. The lowest BCUT2D eigenvalue weighted by molar-refractivity contribution is 1.53. The first-order chi connectivity index (χ1) is 8.47. The van der Waals surface area contributed by atoms with E-state index in [2.05, 4.69) is 21.2 Å². The predicted octanol–water partition coefficient (Wildman–Crippen LogP) is 5.74. The van der Waals surface area contributed by atoms with Gasteiger partial charge in [0.25, 0.3) is 0 Å². The molecule has 6 heteroatoms. The molecule has 3 N–H and O–H groups in total. The van der Waals surface area contributed by atoms with Crippen LogP contribution in [-0.4, -0.2) is 0 Å². The summed E-state index contributed by atoms with van der Waals surface area (Å²) in [5.74, 6) is 0. The third-order valence-electron chi connectivity index (χ3n) is 2.29. The molecule has 0 heterocycles. The number of nitrogens with one attached hydrogen (secondary N) is 1. The minimum Gasteiger partial charge on any atom is -0.397 e. The normalized spacial score (nSPS) is 10.4. The Morgan fingerprint density at radius 1 is 0.944 bits per heavy atom. The summed E-state index contributed by atoms with van der Waals surface area (Å²) in [6, 6.07) is 8.78. The number of benzene rings is 2. The second kappa shape index (κ2) is 5.57. The Hall–Kier alpha value is -0.610. The fourth-order valence-electron chi connectivity index (χ4n) is 1.40. The number of nitrogen functional groups attached to an aromatic ring is 1. The molecular weight excluding hydrogens is 358 g/mol. The Labute approximate surface area is 128 Å². The Balaban J connectivity index is 2.34. The van der Waals surface area contributed by atoms with Crippen LogP contribution in [0, 0.1) is 0 Å². The summed E-state index contributed by atoms with van der Waals surface area (Å²) in [5.41, 5.74) is 7.87. The third-order valence-corrected chi connectivity index (χ3v) is 4.25. The van der Waals surface area contributed by atoms with E-state index in [1.54, 1.807) is 18.2 Å². The van der Waals surface area contributed by atoms with Crippen molar-refractivity contribution < 1.29 is 0 Å². The third kappa shape index (κ3) is 3.04. The van der Waals surface area contributed by atoms with Crippen molar-refractivity contribution in [3.63, 3.8) is 0 Å². The molecular formula is C12H8BrCl3N2. The number of halogens is 4. The summed E-state index contributed by atoms with van der Waals surface area (Å²) >= 11 is 21.2. The molecule has 0 spiro atoms. The van der Waals surface area contributed by atoms with Crippen molar-refractivity contribution in [3.05, 3.63) is 49.9 Å². The Bertz CT molecular complexity index is 602. The first kappa shape index (κ1) is 13.8. The molecule has 0 bridgehead atoms. The van der Waals surface area contributed by atoms with Crippen LogP contribution < -0.4 is 11.1 Å². The van der Waals surface area contributed by atoms with Crippen LogP contribution in [0.3, 0.4) is 0 Å². The van der Waals surface area contributed by atoms with Gasteiger partial charge in [-0.05, 0) is 46.3 Å². The highest BCUT2D eigenvalue weighted by Gasteiger charge is 2.06. The lowest BCUT2D eigenvalue weighted by atomic mass is 10.2. The molecule has 2 aromatic rings. The molecule has 18 heavy (non-hydrogen) atoms. The van der Waals surface area contributed by atoms with Crippen LogP contribution in [0.2, 0.25) is 15.1 Å². The van der Waals surface area contributed by atoms with Gasteiger partial charge >= 0.3 is 0 Å². The van der Waals surface area contributed by atoms with Gasteiger partial charge in [-0.25, -0.2) is 0 Å². The van der Waals surface area contributed by atoms with E-state index in [1.165, 1.54) is 0 Å². The van der Waals surface area contributed by atoms with Crippen molar-refractivity contribution in [2.75, 3.05) is 11.1 Å². The monoisotopic (exact) mass is 364 g/mol. The van der Waals surface area contributed by atoms with Gasteiger partial charge in [-0.3, -0.25) is 0 Å². The molecule has 0 aliphatic carbocycles. The number of hydrogen-bond acceptors (Lipinski definition) is 2. The maximum Gasteiger partial charge on any atom is 0.0633 e. The second-order valence-electron chi connectivity index (χ2n) is 3.61. The van der Waals surface area contributed by atoms with Gasteiger partial charge in [0.2, 0.25) is 0 Å². The van der Waals surface area contributed by atoms with E-state index in [0.717, 1.165) is 10.2 Å². The van der Waals surface area contributed by atoms with Gasteiger partial charge in [-0.15, -0.1) is 0 Å². The van der Waals surface area contributed by atoms with Gasteiger partial charge in [0.1, 0.15) is 0 Å². The summed E-state index contributed by atoms with van der Waals surface area (Å²) in [6.07, 6.45) is 0. The van der Waals surface area contributed by atoms with Gasteiger partial charge in [0.05, 0.1) is 26.4 Å². The Kier molecular flexibility index (Phi) is 4.28.